The lowest BCUT2D eigenvalue weighted by atomic mass is 9.92. The van der Waals surface area contributed by atoms with Gasteiger partial charge in [-0.3, -0.25) is 9.55 Å². The van der Waals surface area contributed by atoms with Crippen LogP contribution in [0.5, 0.6) is 0 Å². The summed E-state index contributed by atoms with van der Waals surface area (Å²) in [7, 11) is 0. The normalized spacial score (nSPS) is 11.9. The van der Waals surface area contributed by atoms with Crippen LogP contribution in [0.2, 0.25) is 0 Å². The van der Waals surface area contributed by atoms with Gasteiger partial charge in [0.05, 0.1) is 5.52 Å². The summed E-state index contributed by atoms with van der Waals surface area (Å²) in [4.78, 5) is 7.51. The number of aromatic amines is 1. The first-order valence-electron chi connectivity index (χ1n) is 6.63. The third-order valence-electron chi connectivity index (χ3n) is 3.39. The molecule has 0 saturated carbocycles. The highest BCUT2D eigenvalue weighted by Gasteiger charge is 2.20. The minimum absolute atomic E-state index is 0.0253. The van der Waals surface area contributed by atoms with Crippen LogP contribution in [0.15, 0.2) is 42.7 Å². The van der Waals surface area contributed by atoms with Crippen LogP contribution in [0.4, 0.5) is 0 Å². The maximum atomic E-state index is 5.44. The molecule has 0 unspecified atom stereocenters. The average Bonchev–Trinajstić information content (AvgIpc) is 2.80. The van der Waals surface area contributed by atoms with Crippen molar-refractivity contribution in [1.29, 1.82) is 0 Å². The topological polar surface area (TPSA) is 33.6 Å². The number of imidazole rings is 1. The number of nitrogens with zero attached hydrogens (tertiary/aromatic N) is 2. The second-order valence-corrected chi connectivity index (χ2v) is 6.33. The van der Waals surface area contributed by atoms with Gasteiger partial charge in [0.1, 0.15) is 0 Å². The van der Waals surface area contributed by atoms with Crippen molar-refractivity contribution in [1.82, 2.24) is 14.5 Å². The Kier molecular flexibility index (Phi) is 2.98. The van der Waals surface area contributed by atoms with Crippen LogP contribution >= 0.6 is 12.2 Å². The molecule has 20 heavy (non-hydrogen) atoms. The number of benzene rings is 1. The highest BCUT2D eigenvalue weighted by Crippen LogP contribution is 2.26. The van der Waals surface area contributed by atoms with Crippen molar-refractivity contribution in [3.05, 3.63) is 53.2 Å². The van der Waals surface area contributed by atoms with Gasteiger partial charge in [0.25, 0.3) is 0 Å². The molecule has 0 bridgehead atoms. The van der Waals surface area contributed by atoms with Crippen molar-refractivity contribution in [3.8, 4) is 5.69 Å². The molecular formula is C16H17N3S. The van der Waals surface area contributed by atoms with Gasteiger partial charge in [0, 0.05) is 34.6 Å². The SMILES string of the molecule is CC(C)(C)c1c[nH]c(=S)n1-c1ccc2ncccc2c1. The van der Waals surface area contributed by atoms with E-state index in [1.165, 1.54) is 5.69 Å². The van der Waals surface area contributed by atoms with Crippen LogP contribution in [-0.4, -0.2) is 14.5 Å². The van der Waals surface area contributed by atoms with Crippen LogP contribution in [0.25, 0.3) is 16.6 Å². The molecule has 1 aromatic carbocycles. The Bertz CT molecular complexity index is 821. The maximum absolute atomic E-state index is 5.44. The fourth-order valence-corrected chi connectivity index (χ4v) is 2.64. The largest absolute Gasteiger partial charge is 0.337 e. The van der Waals surface area contributed by atoms with Crippen molar-refractivity contribution in [3.63, 3.8) is 0 Å². The number of fused-ring (bicyclic) bond motifs is 1. The molecule has 0 aliphatic carbocycles. The monoisotopic (exact) mass is 283 g/mol. The molecule has 0 amide bonds. The Hall–Kier alpha value is -1.94. The molecule has 3 nitrogen and oxygen atoms in total. The van der Waals surface area contributed by atoms with Gasteiger partial charge in [-0.1, -0.05) is 26.8 Å². The molecule has 0 saturated heterocycles. The summed E-state index contributed by atoms with van der Waals surface area (Å²) >= 11 is 5.44. The molecule has 0 fully saturated rings. The zero-order chi connectivity index (χ0) is 14.3. The van der Waals surface area contributed by atoms with Crippen LogP contribution in [0.3, 0.4) is 0 Å². The molecule has 0 atom stereocenters. The van der Waals surface area contributed by atoms with E-state index in [-0.39, 0.29) is 5.41 Å². The lowest BCUT2D eigenvalue weighted by Crippen LogP contribution is -2.16. The maximum Gasteiger partial charge on any atom is 0.182 e. The van der Waals surface area contributed by atoms with Gasteiger partial charge in [-0.05, 0) is 36.5 Å². The molecule has 2 heterocycles. The van der Waals surface area contributed by atoms with Gasteiger partial charge in [-0.15, -0.1) is 0 Å². The van der Waals surface area contributed by atoms with Gasteiger partial charge in [0.15, 0.2) is 4.77 Å². The predicted molar refractivity (Wildman–Crippen MR) is 85.0 cm³/mol. The second kappa shape index (κ2) is 4.56. The number of pyridine rings is 1. The number of aromatic nitrogens is 3. The Morgan fingerprint density at radius 3 is 2.75 bits per heavy atom. The van der Waals surface area contributed by atoms with E-state index in [1.807, 2.05) is 24.5 Å². The standard InChI is InChI=1S/C16H17N3S/c1-16(2,3)14-10-18-15(20)19(14)12-6-7-13-11(9-12)5-4-8-17-13/h4-10H,1-3H3,(H,18,20). The van der Waals surface area contributed by atoms with Crippen LogP contribution in [0.1, 0.15) is 26.5 Å². The highest BCUT2D eigenvalue weighted by atomic mass is 32.1. The summed E-state index contributed by atoms with van der Waals surface area (Å²) in [5.41, 5.74) is 3.26. The van der Waals surface area contributed by atoms with E-state index in [0.717, 1.165) is 21.4 Å². The molecule has 3 rings (SSSR count). The summed E-state index contributed by atoms with van der Waals surface area (Å²) < 4.78 is 2.82. The van der Waals surface area contributed by atoms with Gasteiger partial charge in [0.2, 0.25) is 0 Å². The molecule has 2 aromatic heterocycles. The Balaban J connectivity index is 2.26. The van der Waals surface area contributed by atoms with Crippen molar-refractivity contribution >= 4 is 23.1 Å². The van der Waals surface area contributed by atoms with E-state index in [9.17, 15) is 0 Å². The molecule has 0 aliphatic rings. The minimum atomic E-state index is 0.0253. The van der Waals surface area contributed by atoms with Gasteiger partial charge in [-0.2, -0.15) is 0 Å². The molecule has 4 heteroatoms. The number of rotatable bonds is 1. The highest BCUT2D eigenvalue weighted by molar-refractivity contribution is 7.71. The lowest BCUT2D eigenvalue weighted by molar-refractivity contribution is 0.556. The summed E-state index contributed by atoms with van der Waals surface area (Å²) in [6, 6.07) is 10.2. The van der Waals surface area contributed by atoms with E-state index in [1.54, 1.807) is 0 Å². The lowest BCUT2D eigenvalue weighted by Gasteiger charge is -2.21. The van der Waals surface area contributed by atoms with Gasteiger partial charge < -0.3 is 4.98 Å². The first-order valence-corrected chi connectivity index (χ1v) is 7.04. The number of nitrogens with one attached hydrogen (secondary N) is 1. The summed E-state index contributed by atoms with van der Waals surface area (Å²) in [5.74, 6) is 0. The quantitative estimate of drug-likeness (QED) is 0.672. The van der Waals surface area contributed by atoms with Crippen molar-refractivity contribution in [2.45, 2.75) is 26.2 Å². The molecule has 102 valence electrons. The summed E-state index contributed by atoms with van der Waals surface area (Å²) in [5, 5.41) is 1.12. The third-order valence-corrected chi connectivity index (χ3v) is 3.69. The van der Waals surface area contributed by atoms with E-state index >= 15 is 0 Å². The van der Waals surface area contributed by atoms with Crippen LogP contribution < -0.4 is 0 Å². The smallest absolute Gasteiger partial charge is 0.182 e. The van der Waals surface area contributed by atoms with Gasteiger partial charge in [-0.25, -0.2) is 0 Å². The first-order chi connectivity index (χ1) is 9.47. The van der Waals surface area contributed by atoms with E-state index < -0.39 is 0 Å². The first kappa shape index (κ1) is 13.1. The van der Waals surface area contributed by atoms with E-state index in [0.29, 0.717) is 0 Å². The number of hydrogen-bond acceptors (Lipinski definition) is 2. The third kappa shape index (κ3) is 2.16. The molecule has 3 aromatic rings. The molecule has 0 aliphatic heterocycles. The Morgan fingerprint density at radius 2 is 2.00 bits per heavy atom. The fraction of sp³-hybridized carbons (Fsp3) is 0.250. The summed E-state index contributed by atoms with van der Waals surface area (Å²) in [6.07, 6.45) is 3.81. The Labute approximate surface area is 123 Å². The van der Waals surface area contributed by atoms with Crippen LogP contribution in [-0.2, 0) is 5.41 Å². The van der Waals surface area contributed by atoms with Crippen LogP contribution in [0, 0.1) is 4.77 Å². The number of H-pyrrole nitrogens is 1. The molecular weight excluding hydrogens is 266 g/mol. The summed E-state index contributed by atoms with van der Waals surface area (Å²) in [6.45, 7) is 6.55. The Morgan fingerprint density at radius 1 is 1.20 bits per heavy atom. The zero-order valence-electron chi connectivity index (χ0n) is 11.8. The molecule has 0 radical (unpaired) electrons. The fourth-order valence-electron chi connectivity index (χ4n) is 2.38. The van der Waals surface area contributed by atoms with E-state index in [2.05, 4.69) is 53.5 Å². The predicted octanol–water partition coefficient (Wildman–Crippen LogP) is 4.38. The van der Waals surface area contributed by atoms with E-state index in [4.69, 9.17) is 12.2 Å². The van der Waals surface area contributed by atoms with Crippen molar-refractivity contribution in [2.75, 3.05) is 0 Å². The van der Waals surface area contributed by atoms with Crippen molar-refractivity contribution < 1.29 is 0 Å². The van der Waals surface area contributed by atoms with Crippen molar-refractivity contribution in [2.24, 2.45) is 0 Å². The van der Waals surface area contributed by atoms with Gasteiger partial charge >= 0.3 is 0 Å². The minimum Gasteiger partial charge on any atom is -0.337 e. The average molecular weight is 283 g/mol. The second-order valence-electron chi connectivity index (χ2n) is 5.94. The zero-order valence-corrected chi connectivity index (χ0v) is 12.7. The molecule has 0 spiro atoms. The molecule has 1 N–H and O–H groups in total. The number of hydrogen-bond donors (Lipinski definition) is 1.